The first-order chi connectivity index (χ1) is 21.0. The van der Waals surface area contributed by atoms with Crippen LogP contribution in [-0.2, 0) is 4.79 Å². The molecule has 0 radical (unpaired) electrons. The predicted octanol–water partition coefficient (Wildman–Crippen LogP) is 5.93. The summed E-state index contributed by atoms with van der Waals surface area (Å²) in [6, 6.07) is 7.57. The van der Waals surface area contributed by atoms with Crippen LogP contribution in [0.2, 0.25) is 0 Å². The molecule has 0 aliphatic carbocycles. The van der Waals surface area contributed by atoms with Gasteiger partial charge in [0.1, 0.15) is 23.8 Å². The van der Waals surface area contributed by atoms with Crippen LogP contribution in [0.15, 0.2) is 54.0 Å². The Hall–Kier alpha value is -4.66. The number of aromatic hydroxyl groups is 1. The molecule has 228 valence electrons. The molecule has 1 fully saturated rings. The van der Waals surface area contributed by atoms with E-state index in [1.807, 2.05) is 32.9 Å². The topological polar surface area (TPSA) is 87.9 Å². The van der Waals surface area contributed by atoms with Gasteiger partial charge in [-0.1, -0.05) is 26.5 Å². The maximum Gasteiger partial charge on any atom is 0.264 e. The SMILES string of the molecule is C=CC(=O)N1CC2COc3c(C)c(-c4c(C)ccnc4C(C)C)c4c(=O)n(-c5c(O)cccc5F)c(C)cc4c3N2CC1C. The Kier molecular flexibility index (Phi) is 7.22. The van der Waals surface area contributed by atoms with Crippen molar-refractivity contribution in [1.82, 2.24) is 14.5 Å². The van der Waals surface area contributed by atoms with Gasteiger partial charge in [-0.25, -0.2) is 4.39 Å². The Morgan fingerprint density at radius 2 is 1.91 bits per heavy atom. The number of pyridine rings is 2. The van der Waals surface area contributed by atoms with E-state index in [1.165, 1.54) is 28.8 Å². The van der Waals surface area contributed by atoms with Gasteiger partial charge in [0.05, 0.1) is 22.8 Å². The molecular formula is C35H37FN4O4. The highest BCUT2D eigenvalue weighted by Gasteiger charge is 2.40. The van der Waals surface area contributed by atoms with Crippen LogP contribution < -0.4 is 15.2 Å². The molecule has 6 rings (SSSR count). The summed E-state index contributed by atoms with van der Waals surface area (Å²) in [6.07, 6.45) is 3.11. The number of fused-ring (bicyclic) bond motifs is 5. The van der Waals surface area contributed by atoms with Crippen LogP contribution in [0, 0.1) is 26.6 Å². The number of piperazine rings is 1. The largest absolute Gasteiger partial charge is 0.506 e. The van der Waals surface area contributed by atoms with Crippen LogP contribution in [-0.4, -0.2) is 57.2 Å². The van der Waals surface area contributed by atoms with E-state index in [2.05, 4.69) is 25.3 Å². The van der Waals surface area contributed by atoms with Gasteiger partial charge >= 0.3 is 0 Å². The van der Waals surface area contributed by atoms with Crippen molar-refractivity contribution in [2.24, 2.45) is 0 Å². The number of rotatable bonds is 4. The number of ether oxygens (including phenoxy) is 1. The molecule has 1 N–H and O–H groups in total. The summed E-state index contributed by atoms with van der Waals surface area (Å²) in [5.41, 5.74) is 4.72. The van der Waals surface area contributed by atoms with Crippen molar-refractivity contribution in [3.8, 4) is 28.3 Å². The summed E-state index contributed by atoms with van der Waals surface area (Å²) in [5.74, 6) is -0.420. The van der Waals surface area contributed by atoms with E-state index in [0.717, 1.165) is 28.1 Å². The molecule has 4 aromatic rings. The highest BCUT2D eigenvalue weighted by atomic mass is 19.1. The summed E-state index contributed by atoms with van der Waals surface area (Å²) in [6.45, 7) is 16.8. The zero-order chi connectivity index (χ0) is 31.6. The molecule has 44 heavy (non-hydrogen) atoms. The highest BCUT2D eigenvalue weighted by molar-refractivity contribution is 6.09. The first-order valence-corrected chi connectivity index (χ1v) is 14.9. The van der Waals surface area contributed by atoms with Crippen LogP contribution in [0.5, 0.6) is 11.5 Å². The number of nitrogens with zero attached hydrogens (tertiary/aromatic N) is 4. The van der Waals surface area contributed by atoms with Crippen LogP contribution in [0.4, 0.5) is 10.1 Å². The molecular weight excluding hydrogens is 559 g/mol. The number of benzene rings is 2. The number of phenols is 1. The number of aryl methyl sites for hydroxylation is 2. The van der Waals surface area contributed by atoms with Crippen LogP contribution in [0.25, 0.3) is 27.6 Å². The molecule has 9 heteroatoms. The van der Waals surface area contributed by atoms with E-state index in [9.17, 15) is 14.7 Å². The van der Waals surface area contributed by atoms with Crippen molar-refractivity contribution in [2.75, 3.05) is 24.6 Å². The van der Waals surface area contributed by atoms with Crippen LogP contribution in [0.1, 0.15) is 49.2 Å². The average molecular weight is 597 g/mol. The summed E-state index contributed by atoms with van der Waals surface area (Å²) >= 11 is 0. The van der Waals surface area contributed by atoms with E-state index < -0.39 is 11.4 Å². The maximum absolute atomic E-state index is 15.3. The minimum atomic E-state index is -0.702. The Labute approximate surface area is 256 Å². The predicted molar refractivity (Wildman–Crippen MR) is 171 cm³/mol. The zero-order valence-electron chi connectivity index (χ0n) is 25.9. The number of aromatic nitrogens is 2. The Morgan fingerprint density at radius 3 is 2.59 bits per heavy atom. The van der Waals surface area contributed by atoms with Gasteiger partial charge < -0.3 is 19.6 Å². The molecule has 0 spiro atoms. The fourth-order valence-corrected chi connectivity index (χ4v) is 6.94. The number of hydrogen-bond donors (Lipinski definition) is 1. The molecule has 2 aliphatic rings. The highest BCUT2D eigenvalue weighted by Crippen LogP contribution is 2.50. The molecule has 0 saturated carbocycles. The van der Waals surface area contributed by atoms with Gasteiger partial charge in [0.25, 0.3) is 5.56 Å². The molecule has 1 saturated heterocycles. The quantitative estimate of drug-likeness (QED) is 0.294. The van der Waals surface area contributed by atoms with Gasteiger partial charge in [0.2, 0.25) is 5.91 Å². The fraction of sp³-hybridized carbons (Fsp3) is 0.343. The molecule has 8 nitrogen and oxygen atoms in total. The lowest BCUT2D eigenvalue weighted by molar-refractivity contribution is -0.129. The molecule has 2 atom stereocenters. The third-order valence-electron chi connectivity index (χ3n) is 9.01. The first kappa shape index (κ1) is 29.4. The standard InChI is InChI=1S/C35H37FN4O4/c1-8-27(42)38-16-23-17-44-34-22(7)29(28-19(4)12-13-37-31(28)18(2)3)30-24(32(34)39(23)15-21(38)6)14-20(5)40(35(30)43)33-25(36)10-9-11-26(33)41/h8-14,18,21,23,41H,1,15-17H2,2-7H3. The number of amides is 1. The molecule has 1 amide bonds. The number of carbonyl (C=O) groups excluding carboxylic acids is 1. The number of carbonyl (C=O) groups is 1. The van der Waals surface area contributed by atoms with Crippen molar-refractivity contribution in [1.29, 1.82) is 0 Å². The monoisotopic (exact) mass is 596 g/mol. The number of anilines is 1. The minimum absolute atomic E-state index is 0.0558. The molecule has 2 aromatic carbocycles. The van der Waals surface area contributed by atoms with Gasteiger partial charge in [0, 0.05) is 53.1 Å². The Morgan fingerprint density at radius 1 is 1.16 bits per heavy atom. The zero-order valence-corrected chi connectivity index (χ0v) is 25.9. The van der Waals surface area contributed by atoms with Crippen molar-refractivity contribution in [3.63, 3.8) is 0 Å². The number of hydrogen-bond acceptors (Lipinski definition) is 6. The third kappa shape index (κ3) is 4.36. The average Bonchev–Trinajstić information content (AvgIpc) is 2.98. The minimum Gasteiger partial charge on any atom is -0.506 e. The number of halogens is 1. The summed E-state index contributed by atoms with van der Waals surface area (Å²) < 4.78 is 23.1. The fourth-order valence-electron chi connectivity index (χ4n) is 6.94. The van der Waals surface area contributed by atoms with Crippen molar-refractivity contribution in [3.05, 3.63) is 87.9 Å². The molecule has 2 aromatic heterocycles. The summed E-state index contributed by atoms with van der Waals surface area (Å²) in [5, 5.41) is 11.8. The molecule has 2 aliphatic heterocycles. The van der Waals surface area contributed by atoms with E-state index in [1.54, 1.807) is 18.0 Å². The lowest BCUT2D eigenvalue weighted by Gasteiger charge is -2.49. The van der Waals surface area contributed by atoms with Gasteiger partial charge in [-0.3, -0.25) is 19.1 Å². The first-order valence-electron chi connectivity index (χ1n) is 14.9. The van der Waals surface area contributed by atoms with Gasteiger partial charge in [0.15, 0.2) is 5.82 Å². The van der Waals surface area contributed by atoms with E-state index in [-0.39, 0.29) is 35.3 Å². The van der Waals surface area contributed by atoms with E-state index >= 15 is 4.39 Å². The second-order valence-corrected chi connectivity index (χ2v) is 12.2. The Bertz CT molecular complexity index is 1890. The number of phenolic OH excluding ortho intramolecular Hbond substituents is 1. The van der Waals surface area contributed by atoms with Crippen molar-refractivity contribution in [2.45, 2.75) is 59.5 Å². The van der Waals surface area contributed by atoms with Crippen molar-refractivity contribution < 1.29 is 19.0 Å². The lowest BCUT2D eigenvalue weighted by Crippen LogP contribution is -2.61. The van der Waals surface area contributed by atoms with Gasteiger partial charge in [-0.05, 0) is 69.5 Å². The maximum atomic E-state index is 15.3. The van der Waals surface area contributed by atoms with Crippen LogP contribution in [0.3, 0.4) is 0 Å². The third-order valence-corrected chi connectivity index (χ3v) is 9.01. The second-order valence-electron chi connectivity index (χ2n) is 12.2. The summed E-state index contributed by atoms with van der Waals surface area (Å²) in [4.78, 5) is 36.3. The molecule has 4 heterocycles. The lowest BCUT2D eigenvalue weighted by atomic mass is 9.86. The van der Waals surface area contributed by atoms with Gasteiger partial charge in [-0.15, -0.1) is 0 Å². The number of para-hydroxylation sites is 1. The van der Waals surface area contributed by atoms with Crippen LogP contribution >= 0.6 is 0 Å². The summed E-state index contributed by atoms with van der Waals surface area (Å²) in [7, 11) is 0. The van der Waals surface area contributed by atoms with E-state index in [4.69, 9.17) is 9.72 Å². The normalized spacial score (nSPS) is 17.8. The molecule has 0 bridgehead atoms. The van der Waals surface area contributed by atoms with Crippen molar-refractivity contribution >= 4 is 22.4 Å². The van der Waals surface area contributed by atoms with E-state index in [0.29, 0.717) is 47.5 Å². The smallest absolute Gasteiger partial charge is 0.264 e. The van der Waals surface area contributed by atoms with Gasteiger partial charge in [-0.2, -0.15) is 0 Å². The second kappa shape index (κ2) is 10.8. The molecule has 2 unspecified atom stereocenters. The Balaban J connectivity index is 1.75.